The van der Waals surface area contributed by atoms with Crippen LogP contribution in [0.15, 0.2) is 39.6 Å². The molecule has 0 fully saturated rings. The molecular weight excluding hydrogens is 582 g/mol. The molecular formula is C29H30BrN3O7. The average Bonchev–Trinajstić information content (AvgIpc) is 3.21. The van der Waals surface area contributed by atoms with E-state index in [0.29, 0.717) is 23.5 Å². The van der Waals surface area contributed by atoms with Gasteiger partial charge in [-0.3, -0.25) is 9.59 Å². The number of amides is 1. The highest BCUT2D eigenvalue weighted by Crippen LogP contribution is 2.37. The Kier molecular flexibility index (Phi) is 6.98. The smallest absolute Gasteiger partial charge is 0.407 e. The topological polar surface area (TPSA) is 126 Å². The number of carbonyl (C=O) groups excluding carboxylic acids is 3. The second-order valence-electron chi connectivity index (χ2n) is 11.8. The molecule has 0 spiro atoms. The van der Waals surface area contributed by atoms with Gasteiger partial charge in [0.05, 0.1) is 35.4 Å². The predicted octanol–water partition coefficient (Wildman–Crippen LogP) is 4.77. The molecule has 1 unspecified atom stereocenters. The lowest BCUT2D eigenvalue weighted by Crippen LogP contribution is -2.39. The van der Waals surface area contributed by atoms with Crippen LogP contribution in [0.1, 0.15) is 63.8 Å². The number of hydrogen-bond donors (Lipinski definition) is 1. The van der Waals surface area contributed by atoms with Crippen molar-refractivity contribution < 1.29 is 28.6 Å². The van der Waals surface area contributed by atoms with Gasteiger partial charge < -0.3 is 24.1 Å². The summed E-state index contributed by atoms with van der Waals surface area (Å²) in [6.45, 7) is 9.10. The molecule has 0 bridgehead atoms. The van der Waals surface area contributed by atoms with Crippen LogP contribution in [-0.2, 0) is 37.0 Å². The van der Waals surface area contributed by atoms with Crippen LogP contribution >= 0.6 is 15.9 Å². The molecule has 3 aromatic rings. The summed E-state index contributed by atoms with van der Waals surface area (Å²) < 4.78 is 18.6. The summed E-state index contributed by atoms with van der Waals surface area (Å²) >= 11 is 3.56. The first-order chi connectivity index (χ1) is 18.7. The lowest BCUT2D eigenvalue weighted by molar-refractivity contribution is -0.172. The molecule has 4 heterocycles. The number of hydrogen-bond acceptors (Lipinski definition) is 8. The molecule has 1 amide bonds. The zero-order valence-electron chi connectivity index (χ0n) is 22.9. The minimum Gasteiger partial charge on any atom is -0.458 e. The first kappa shape index (κ1) is 27.8. The number of benzene rings is 1. The van der Waals surface area contributed by atoms with Crippen molar-refractivity contribution in [2.45, 2.75) is 65.9 Å². The van der Waals surface area contributed by atoms with Gasteiger partial charge in [-0.2, -0.15) is 0 Å². The van der Waals surface area contributed by atoms with Crippen LogP contribution in [0.5, 0.6) is 0 Å². The van der Waals surface area contributed by atoms with Gasteiger partial charge in [-0.25, -0.2) is 14.6 Å². The number of nitrogens with zero attached hydrogens (tertiary/aromatic N) is 2. The number of fused-ring (bicyclic) bond motifs is 5. The Bertz CT molecular complexity index is 1620. The van der Waals surface area contributed by atoms with Crippen molar-refractivity contribution in [3.8, 4) is 11.4 Å². The molecule has 0 radical (unpaired) electrons. The Hall–Kier alpha value is -3.73. The molecule has 0 aliphatic carbocycles. The van der Waals surface area contributed by atoms with E-state index < -0.39 is 35.2 Å². The number of nitrogens with one attached hydrogen (secondary N) is 1. The number of pyridine rings is 2. The van der Waals surface area contributed by atoms with Crippen molar-refractivity contribution in [3.63, 3.8) is 0 Å². The minimum absolute atomic E-state index is 0.100. The fourth-order valence-corrected chi connectivity index (χ4v) is 5.33. The van der Waals surface area contributed by atoms with Crippen molar-refractivity contribution in [2.75, 3.05) is 6.54 Å². The zero-order chi connectivity index (χ0) is 29.0. The molecule has 2 aromatic heterocycles. The third-order valence-electron chi connectivity index (χ3n) is 6.73. The molecule has 1 N–H and O–H groups in total. The predicted molar refractivity (Wildman–Crippen MR) is 150 cm³/mol. The number of alkyl carbamates (subject to hydrolysis) is 1. The van der Waals surface area contributed by atoms with Crippen molar-refractivity contribution in [1.82, 2.24) is 14.9 Å². The van der Waals surface area contributed by atoms with E-state index in [9.17, 15) is 19.2 Å². The van der Waals surface area contributed by atoms with Gasteiger partial charge in [-0.05, 0) is 50.5 Å². The largest absolute Gasteiger partial charge is 0.458 e. The van der Waals surface area contributed by atoms with Crippen molar-refractivity contribution >= 4 is 44.9 Å². The number of carbonyl (C=O) groups is 3. The van der Waals surface area contributed by atoms with Gasteiger partial charge in [-0.15, -0.1) is 0 Å². The molecule has 1 atom stereocenters. The van der Waals surface area contributed by atoms with Crippen molar-refractivity contribution in [1.29, 1.82) is 0 Å². The van der Waals surface area contributed by atoms with E-state index in [4.69, 9.17) is 19.2 Å². The van der Waals surface area contributed by atoms with Gasteiger partial charge >= 0.3 is 18.0 Å². The molecule has 2 aliphatic heterocycles. The Morgan fingerprint density at radius 2 is 1.93 bits per heavy atom. The summed E-state index contributed by atoms with van der Waals surface area (Å²) in [6.07, 6.45) is -2.08. The number of rotatable bonds is 5. The second-order valence-corrected chi connectivity index (χ2v) is 12.7. The lowest BCUT2D eigenvalue weighted by atomic mass is 9.89. The maximum atomic E-state index is 13.5. The van der Waals surface area contributed by atoms with Crippen LogP contribution in [0.25, 0.3) is 22.3 Å². The lowest BCUT2D eigenvalue weighted by Gasteiger charge is -2.28. The molecule has 210 valence electrons. The van der Waals surface area contributed by atoms with Crippen LogP contribution in [-0.4, -0.2) is 39.7 Å². The average molecular weight is 612 g/mol. The van der Waals surface area contributed by atoms with Gasteiger partial charge in [0.2, 0.25) is 6.10 Å². The fourth-order valence-electron chi connectivity index (χ4n) is 4.86. The van der Waals surface area contributed by atoms with E-state index in [1.807, 2.05) is 24.3 Å². The molecule has 10 nitrogen and oxygen atoms in total. The van der Waals surface area contributed by atoms with Crippen LogP contribution < -0.4 is 10.9 Å². The maximum absolute atomic E-state index is 13.5. The van der Waals surface area contributed by atoms with Crippen LogP contribution in [0.2, 0.25) is 0 Å². The van der Waals surface area contributed by atoms with Gasteiger partial charge in [0.25, 0.3) is 5.56 Å². The van der Waals surface area contributed by atoms with Crippen molar-refractivity contribution in [3.05, 3.63) is 61.8 Å². The molecule has 5 rings (SSSR count). The third-order valence-corrected chi connectivity index (χ3v) is 7.42. The van der Waals surface area contributed by atoms with Crippen LogP contribution in [0, 0.1) is 5.41 Å². The van der Waals surface area contributed by atoms with Gasteiger partial charge in [0, 0.05) is 27.5 Å². The Balaban J connectivity index is 1.39. The van der Waals surface area contributed by atoms with Crippen LogP contribution in [0.4, 0.5) is 4.79 Å². The third kappa shape index (κ3) is 5.47. The molecule has 0 saturated carbocycles. The zero-order valence-corrected chi connectivity index (χ0v) is 24.5. The number of ether oxygens (including phenoxy) is 3. The number of aromatic nitrogens is 2. The summed E-state index contributed by atoms with van der Waals surface area (Å²) in [4.78, 5) is 56.1. The monoisotopic (exact) mass is 611 g/mol. The highest BCUT2D eigenvalue weighted by atomic mass is 79.9. The normalized spacial score (nSPS) is 16.1. The van der Waals surface area contributed by atoms with Gasteiger partial charge in [0.15, 0.2) is 0 Å². The van der Waals surface area contributed by atoms with E-state index in [0.717, 1.165) is 20.9 Å². The maximum Gasteiger partial charge on any atom is 0.407 e. The van der Waals surface area contributed by atoms with E-state index in [1.54, 1.807) is 45.3 Å². The van der Waals surface area contributed by atoms with E-state index in [1.165, 1.54) is 0 Å². The van der Waals surface area contributed by atoms with E-state index >= 15 is 0 Å². The first-order valence-electron chi connectivity index (χ1n) is 12.9. The molecule has 11 heteroatoms. The van der Waals surface area contributed by atoms with Crippen molar-refractivity contribution in [2.24, 2.45) is 5.41 Å². The Labute approximate surface area is 239 Å². The summed E-state index contributed by atoms with van der Waals surface area (Å²) in [5, 5.41) is 3.59. The van der Waals surface area contributed by atoms with Gasteiger partial charge in [0.1, 0.15) is 12.2 Å². The highest BCUT2D eigenvalue weighted by molar-refractivity contribution is 9.10. The molecule has 0 saturated heterocycles. The fraction of sp³-hybridized carbons (Fsp3) is 0.414. The quantitative estimate of drug-likeness (QED) is 0.253. The SMILES string of the molecule is CC(C)(CNC(=O)OC(C)(C)C)CC(=O)OC1C(=O)OCc2c1cc1n(c2=O)Cc2cc3c(Br)cccc3nc2-1. The number of esters is 2. The minimum atomic E-state index is -1.39. The molecule has 40 heavy (non-hydrogen) atoms. The standard InChI is InChI=1S/C29H30BrN3O7/c1-28(2,3)40-27(37)31-14-29(4,5)11-22(34)39-24-16-10-21-23-15(9-17-19(30)7-6-8-20(17)32-23)12-33(21)25(35)18(16)13-38-26(24)36/h6-10,24H,11-14H2,1-5H3,(H,31,37). The second kappa shape index (κ2) is 10.0. The summed E-state index contributed by atoms with van der Waals surface area (Å²) in [5.74, 6) is -1.41. The molecule has 2 aliphatic rings. The summed E-state index contributed by atoms with van der Waals surface area (Å²) in [6, 6.07) is 9.41. The summed E-state index contributed by atoms with van der Waals surface area (Å²) in [7, 11) is 0. The molecule has 1 aromatic carbocycles. The Morgan fingerprint density at radius 1 is 1.18 bits per heavy atom. The van der Waals surface area contributed by atoms with Crippen LogP contribution in [0.3, 0.4) is 0 Å². The number of halogens is 1. The number of cyclic esters (lactones) is 1. The Morgan fingerprint density at radius 3 is 2.65 bits per heavy atom. The van der Waals surface area contributed by atoms with Gasteiger partial charge in [-0.1, -0.05) is 35.8 Å². The first-order valence-corrected chi connectivity index (χ1v) is 13.7. The highest BCUT2D eigenvalue weighted by Gasteiger charge is 2.38. The van der Waals surface area contributed by atoms with E-state index in [2.05, 4.69) is 21.2 Å². The summed E-state index contributed by atoms with van der Waals surface area (Å²) in [5.41, 5.74) is 1.73. The van der Waals surface area contributed by atoms with E-state index in [-0.39, 0.29) is 30.7 Å².